The van der Waals surface area contributed by atoms with E-state index < -0.39 is 23.1 Å². The van der Waals surface area contributed by atoms with Crippen molar-refractivity contribution in [3.63, 3.8) is 0 Å². The van der Waals surface area contributed by atoms with E-state index >= 15 is 0 Å². The maximum atomic E-state index is 13.7. The fraction of sp³-hybridized carbons (Fsp3) is 0.143. The molecule has 4 rings (SSSR count). The molecule has 9 heteroatoms. The summed E-state index contributed by atoms with van der Waals surface area (Å²) in [5.74, 6) is -2.30. The third-order valence-corrected chi connectivity index (χ3v) is 4.65. The Labute approximate surface area is 169 Å². The molecule has 2 aromatic heterocycles. The maximum Gasteiger partial charge on any atom is 0.264 e. The average Bonchev–Trinajstić information content (AvgIpc) is 3.11. The summed E-state index contributed by atoms with van der Waals surface area (Å²) in [4.78, 5) is 29.3. The SMILES string of the molecule is Cc1ccc(-n2ncc3c(=O)n(CC(=O)Nc4ccc(F)cc4F)cnc32)c(C)c1. The minimum atomic E-state index is -0.904. The third kappa shape index (κ3) is 3.57. The Kier molecular flexibility index (Phi) is 4.86. The number of nitrogens with one attached hydrogen (secondary N) is 1. The lowest BCUT2D eigenvalue weighted by Gasteiger charge is -2.09. The molecular weight excluding hydrogens is 392 g/mol. The number of rotatable bonds is 4. The van der Waals surface area contributed by atoms with E-state index in [9.17, 15) is 18.4 Å². The lowest BCUT2D eigenvalue weighted by molar-refractivity contribution is -0.116. The van der Waals surface area contributed by atoms with Crippen LogP contribution < -0.4 is 10.9 Å². The van der Waals surface area contributed by atoms with Crippen LogP contribution in [-0.2, 0) is 11.3 Å². The van der Waals surface area contributed by atoms with E-state index in [1.54, 1.807) is 4.68 Å². The summed E-state index contributed by atoms with van der Waals surface area (Å²) in [6, 6.07) is 8.64. The van der Waals surface area contributed by atoms with Gasteiger partial charge in [-0.2, -0.15) is 5.10 Å². The van der Waals surface area contributed by atoms with Crippen molar-refractivity contribution in [2.24, 2.45) is 0 Å². The van der Waals surface area contributed by atoms with Gasteiger partial charge in [-0.05, 0) is 37.6 Å². The fourth-order valence-electron chi connectivity index (χ4n) is 3.22. The highest BCUT2D eigenvalue weighted by Gasteiger charge is 2.15. The molecule has 1 N–H and O–H groups in total. The van der Waals surface area contributed by atoms with E-state index in [0.717, 1.165) is 33.5 Å². The van der Waals surface area contributed by atoms with E-state index in [1.165, 1.54) is 12.5 Å². The van der Waals surface area contributed by atoms with Crippen molar-refractivity contribution in [2.45, 2.75) is 20.4 Å². The highest BCUT2D eigenvalue weighted by Crippen LogP contribution is 2.19. The number of aromatic nitrogens is 4. The molecule has 30 heavy (non-hydrogen) atoms. The van der Waals surface area contributed by atoms with Gasteiger partial charge in [0, 0.05) is 6.07 Å². The van der Waals surface area contributed by atoms with Crippen molar-refractivity contribution in [3.8, 4) is 5.69 Å². The van der Waals surface area contributed by atoms with Crippen LogP contribution in [0, 0.1) is 25.5 Å². The second kappa shape index (κ2) is 7.51. The Bertz CT molecular complexity index is 1340. The Morgan fingerprint density at radius 2 is 1.93 bits per heavy atom. The largest absolute Gasteiger partial charge is 0.322 e. The molecule has 0 radical (unpaired) electrons. The predicted molar refractivity (Wildman–Crippen MR) is 108 cm³/mol. The Morgan fingerprint density at radius 1 is 1.13 bits per heavy atom. The summed E-state index contributed by atoms with van der Waals surface area (Å²) in [5.41, 5.74) is 2.62. The molecule has 0 aliphatic rings. The van der Waals surface area contributed by atoms with Crippen LogP contribution >= 0.6 is 0 Å². The number of fused-ring (bicyclic) bond motifs is 1. The number of hydrogen-bond acceptors (Lipinski definition) is 4. The number of carbonyl (C=O) groups excluding carboxylic acids is 1. The number of hydrogen-bond donors (Lipinski definition) is 1. The minimum Gasteiger partial charge on any atom is -0.322 e. The van der Waals surface area contributed by atoms with Crippen LogP contribution in [0.2, 0.25) is 0 Å². The van der Waals surface area contributed by atoms with Crippen LogP contribution in [0.15, 0.2) is 53.7 Å². The van der Waals surface area contributed by atoms with Crippen LogP contribution in [0.4, 0.5) is 14.5 Å². The molecule has 0 aliphatic carbocycles. The Hall–Kier alpha value is -3.88. The van der Waals surface area contributed by atoms with Crippen molar-refractivity contribution in [2.75, 3.05) is 5.32 Å². The molecule has 4 aromatic rings. The van der Waals surface area contributed by atoms with Gasteiger partial charge in [0.25, 0.3) is 5.56 Å². The van der Waals surface area contributed by atoms with Gasteiger partial charge < -0.3 is 5.32 Å². The Morgan fingerprint density at radius 3 is 2.67 bits per heavy atom. The number of benzene rings is 2. The molecule has 0 spiro atoms. The van der Waals surface area contributed by atoms with E-state index in [4.69, 9.17) is 0 Å². The van der Waals surface area contributed by atoms with Gasteiger partial charge in [-0.25, -0.2) is 18.4 Å². The molecule has 2 heterocycles. The number of carbonyl (C=O) groups is 1. The van der Waals surface area contributed by atoms with Crippen LogP contribution in [0.5, 0.6) is 0 Å². The first-order valence-corrected chi connectivity index (χ1v) is 9.09. The van der Waals surface area contributed by atoms with Crippen LogP contribution in [0.1, 0.15) is 11.1 Å². The summed E-state index contributed by atoms with van der Waals surface area (Å²) in [5, 5.41) is 6.84. The fourth-order valence-corrected chi connectivity index (χ4v) is 3.22. The van der Waals surface area contributed by atoms with Gasteiger partial charge in [0.1, 0.15) is 29.9 Å². The molecule has 0 saturated carbocycles. The van der Waals surface area contributed by atoms with Gasteiger partial charge in [-0.1, -0.05) is 17.7 Å². The third-order valence-electron chi connectivity index (χ3n) is 4.65. The van der Waals surface area contributed by atoms with E-state index in [1.807, 2.05) is 32.0 Å². The zero-order valence-electron chi connectivity index (χ0n) is 16.2. The van der Waals surface area contributed by atoms with E-state index in [2.05, 4.69) is 15.4 Å². The van der Waals surface area contributed by atoms with Crippen molar-refractivity contribution in [1.29, 1.82) is 0 Å². The van der Waals surface area contributed by atoms with Gasteiger partial charge >= 0.3 is 0 Å². The van der Waals surface area contributed by atoms with Crippen molar-refractivity contribution < 1.29 is 13.6 Å². The summed E-state index contributed by atoms with van der Waals surface area (Å²) < 4.78 is 29.4. The first kappa shape index (κ1) is 19.4. The van der Waals surface area contributed by atoms with Crippen molar-refractivity contribution >= 4 is 22.6 Å². The van der Waals surface area contributed by atoms with E-state index in [0.29, 0.717) is 11.7 Å². The number of aryl methyl sites for hydroxylation is 2. The summed E-state index contributed by atoms with van der Waals surface area (Å²) in [7, 11) is 0. The topological polar surface area (TPSA) is 81.8 Å². The average molecular weight is 409 g/mol. The second-order valence-corrected chi connectivity index (χ2v) is 6.93. The van der Waals surface area contributed by atoms with Gasteiger partial charge in [0.2, 0.25) is 5.91 Å². The molecule has 0 bridgehead atoms. The van der Waals surface area contributed by atoms with Crippen LogP contribution in [0.25, 0.3) is 16.7 Å². The summed E-state index contributed by atoms with van der Waals surface area (Å²) >= 11 is 0. The molecule has 152 valence electrons. The first-order chi connectivity index (χ1) is 14.3. The smallest absolute Gasteiger partial charge is 0.264 e. The standard InChI is InChI=1S/C21H17F2N5O2/c1-12-3-6-18(13(2)7-12)28-20-15(9-25-28)21(30)27(11-24-20)10-19(29)26-17-5-4-14(22)8-16(17)23/h3-9,11H,10H2,1-2H3,(H,26,29). The monoisotopic (exact) mass is 409 g/mol. The summed E-state index contributed by atoms with van der Waals surface area (Å²) in [6.45, 7) is 3.54. The second-order valence-electron chi connectivity index (χ2n) is 6.93. The van der Waals surface area contributed by atoms with Crippen molar-refractivity contribution in [3.05, 3.63) is 82.0 Å². The van der Waals surface area contributed by atoms with Gasteiger partial charge in [0.05, 0.1) is 17.6 Å². The molecule has 0 fully saturated rings. The molecule has 0 unspecified atom stereocenters. The highest BCUT2D eigenvalue weighted by molar-refractivity contribution is 5.90. The lowest BCUT2D eigenvalue weighted by Crippen LogP contribution is -2.28. The van der Waals surface area contributed by atoms with Crippen molar-refractivity contribution in [1.82, 2.24) is 19.3 Å². The van der Waals surface area contributed by atoms with Gasteiger partial charge in [0.15, 0.2) is 5.65 Å². The van der Waals surface area contributed by atoms with E-state index in [-0.39, 0.29) is 17.6 Å². The zero-order valence-corrected chi connectivity index (χ0v) is 16.2. The first-order valence-electron chi connectivity index (χ1n) is 9.09. The predicted octanol–water partition coefficient (Wildman–Crippen LogP) is 3.12. The molecule has 7 nitrogen and oxygen atoms in total. The number of amides is 1. The lowest BCUT2D eigenvalue weighted by atomic mass is 10.1. The molecule has 0 saturated heterocycles. The maximum absolute atomic E-state index is 13.7. The van der Waals surface area contributed by atoms with Gasteiger partial charge in [-0.15, -0.1) is 0 Å². The number of halogens is 2. The number of anilines is 1. The number of nitrogens with zero attached hydrogens (tertiary/aromatic N) is 4. The quantitative estimate of drug-likeness (QED) is 0.562. The summed E-state index contributed by atoms with van der Waals surface area (Å²) in [6.07, 6.45) is 2.64. The molecule has 0 atom stereocenters. The van der Waals surface area contributed by atoms with Crippen LogP contribution in [0.3, 0.4) is 0 Å². The highest BCUT2D eigenvalue weighted by atomic mass is 19.1. The van der Waals surface area contributed by atoms with Gasteiger partial charge in [-0.3, -0.25) is 14.2 Å². The van der Waals surface area contributed by atoms with Crippen LogP contribution in [-0.4, -0.2) is 25.2 Å². The zero-order chi connectivity index (χ0) is 21.4. The molecule has 1 amide bonds. The molecule has 2 aromatic carbocycles. The minimum absolute atomic E-state index is 0.175. The molecular formula is C21H17F2N5O2. The normalized spacial score (nSPS) is 11.1. The molecule has 0 aliphatic heterocycles. The Balaban J connectivity index is 1.63.